The normalized spacial score (nSPS) is 13.9. The number of rotatable bonds is 9. The molecular weight excluding hydrogens is 464 g/mol. The summed E-state index contributed by atoms with van der Waals surface area (Å²) in [7, 11) is 5.88. The number of fused-ring (bicyclic) bond motifs is 1. The van der Waals surface area contributed by atoms with E-state index >= 15 is 0 Å². The zero-order valence-electron chi connectivity index (χ0n) is 21.3. The summed E-state index contributed by atoms with van der Waals surface area (Å²) < 4.78 is 6.24. The number of carbonyl (C=O) groups is 1. The fourth-order valence-electron chi connectivity index (χ4n) is 4.54. The van der Waals surface area contributed by atoms with Crippen molar-refractivity contribution in [2.24, 2.45) is 0 Å². The van der Waals surface area contributed by atoms with Gasteiger partial charge in [-0.2, -0.15) is 10.4 Å². The Hall–Kier alpha value is -4.22. The smallest absolute Gasteiger partial charge is 0.254 e. The highest BCUT2D eigenvalue weighted by Gasteiger charge is 2.28. The molecule has 1 N–H and O–H groups in total. The van der Waals surface area contributed by atoms with Gasteiger partial charge in [-0.1, -0.05) is 12.1 Å². The van der Waals surface area contributed by atoms with Crippen LogP contribution in [0.2, 0.25) is 0 Å². The molecule has 0 aliphatic heterocycles. The van der Waals surface area contributed by atoms with Crippen LogP contribution >= 0.6 is 0 Å². The van der Waals surface area contributed by atoms with Crippen molar-refractivity contribution in [3.8, 4) is 22.9 Å². The first-order valence-electron chi connectivity index (χ1n) is 12.4. The maximum absolute atomic E-state index is 13.8. The number of benzene rings is 2. The Morgan fingerprint density at radius 2 is 2.00 bits per heavy atom. The maximum atomic E-state index is 13.8. The van der Waals surface area contributed by atoms with E-state index in [9.17, 15) is 10.1 Å². The average molecular weight is 495 g/mol. The van der Waals surface area contributed by atoms with E-state index in [1.807, 2.05) is 63.7 Å². The first kappa shape index (κ1) is 24.5. The van der Waals surface area contributed by atoms with E-state index in [-0.39, 0.29) is 18.1 Å². The number of carbonyl (C=O) groups excluding carboxylic acids is 1. The second-order valence-corrected chi connectivity index (χ2v) is 9.81. The highest BCUT2D eigenvalue weighted by atomic mass is 16.5. The number of ether oxygens (including phenoxy) is 1. The third-order valence-electron chi connectivity index (χ3n) is 6.73. The number of H-pyrrole nitrogens is 1. The average Bonchev–Trinajstić information content (AvgIpc) is 3.59. The van der Waals surface area contributed by atoms with E-state index in [1.54, 1.807) is 23.4 Å². The standard InChI is InChI=1S/C29H30N6O2/c1-34(2)12-11-26(25-18-31-16-22-17-32-33-28(22)25)35(3)29(36)21-7-10-24(27(14-21)37-23-8-9-23)20-6-4-5-19(13-20)15-30/h4-7,10,13-14,16-18,23,26H,8-9,11-12H2,1-3H3,(H,32,33)/t26-/m1/s1. The lowest BCUT2D eigenvalue weighted by Gasteiger charge is -2.30. The summed E-state index contributed by atoms with van der Waals surface area (Å²) >= 11 is 0. The molecule has 2 heterocycles. The van der Waals surface area contributed by atoms with Gasteiger partial charge in [-0.05, 0) is 75.8 Å². The second kappa shape index (κ2) is 10.4. The summed E-state index contributed by atoms with van der Waals surface area (Å²) in [6.45, 7) is 0.803. The van der Waals surface area contributed by atoms with E-state index in [2.05, 4.69) is 26.2 Å². The molecule has 2 aromatic carbocycles. The van der Waals surface area contributed by atoms with Crippen LogP contribution in [0.4, 0.5) is 0 Å². The minimum atomic E-state index is -0.202. The number of amides is 1. The van der Waals surface area contributed by atoms with Crippen LogP contribution in [-0.4, -0.2) is 64.7 Å². The molecule has 8 heteroatoms. The van der Waals surface area contributed by atoms with Gasteiger partial charge in [-0.3, -0.25) is 14.9 Å². The molecule has 1 aliphatic carbocycles. The fourth-order valence-corrected chi connectivity index (χ4v) is 4.54. The van der Waals surface area contributed by atoms with Gasteiger partial charge in [0.15, 0.2) is 0 Å². The molecule has 1 atom stereocenters. The van der Waals surface area contributed by atoms with Gasteiger partial charge in [0.1, 0.15) is 5.75 Å². The van der Waals surface area contributed by atoms with Crippen LogP contribution in [0, 0.1) is 11.3 Å². The largest absolute Gasteiger partial charge is 0.490 e. The van der Waals surface area contributed by atoms with E-state index in [0.717, 1.165) is 53.4 Å². The first-order valence-corrected chi connectivity index (χ1v) is 12.4. The van der Waals surface area contributed by atoms with Gasteiger partial charge in [0.2, 0.25) is 0 Å². The lowest BCUT2D eigenvalue weighted by Crippen LogP contribution is -2.33. The van der Waals surface area contributed by atoms with Crippen molar-refractivity contribution in [1.82, 2.24) is 25.0 Å². The van der Waals surface area contributed by atoms with Crippen molar-refractivity contribution in [3.63, 3.8) is 0 Å². The molecule has 4 aromatic rings. The number of hydrogen-bond donors (Lipinski definition) is 1. The van der Waals surface area contributed by atoms with Crippen molar-refractivity contribution in [2.45, 2.75) is 31.4 Å². The Morgan fingerprint density at radius 1 is 1.16 bits per heavy atom. The van der Waals surface area contributed by atoms with Crippen LogP contribution in [0.1, 0.15) is 46.8 Å². The van der Waals surface area contributed by atoms with Crippen LogP contribution < -0.4 is 4.74 Å². The molecule has 1 aliphatic rings. The molecule has 2 aromatic heterocycles. The molecule has 0 bridgehead atoms. The molecule has 0 saturated heterocycles. The molecule has 8 nitrogen and oxygen atoms in total. The SMILES string of the molecule is CN(C)CC[C@H](c1cncc2cn[nH]c12)N(C)C(=O)c1ccc(-c2cccc(C#N)c2)c(OC2CC2)c1. The fraction of sp³-hybridized carbons (Fsp3) is 0.310. The Morgan fingerprint density at radius 3 is 2.76 bits per heavy atom. The monoisotopic (exact) mass is 494 g/mol. The van der Waals surface area contributed by atoms with Crippen LogP contribution in [-0.2, 0) is 0 Å². The zero-order valence-corrected chi connectivity index (χ0v) is 21.3. The van der Waals surface area contributed by atoms with Crippen LogP contribution in [0.3, 0.4) is 0 Å². The third kappa shape index (κ3) is 5.32. The molecule has 5 rings (SSSR count). The predicted octanol–water partition coefficient (Wildman–Crippen LogP) is 4.80. The molecule has 1 saturated carbocycles. The lowest BCUT2D eigenvalue weighted by atomic mass is 9.98. The van der Waals surface area contributed by atoms with Gasteiger partial charge in [-0.25, -0.2) is 0 Å². The Labute approximate surface area is 216 Å². The highest BCUT2D eigenvalue weighted by Crippen LogP contribution is 2.37. The lowest BCUT2D eigenvalue weighted by molar-refractivity contribution is 0.0716. The molecular formula is C29H30N6O2. The van der Waals surface area contributed by atoms with E-state index in [1.165, 1.54) is 0 Å². The number of nitriles is 1. The van der Waals surface area contributed by atoms with Gasteiger partial charge in [0.25, 0.3) is 5.91 Å². The summed E-state index contributed by atoms with van der Waals surface area (Å²) in [5, 5.41) is 17.5. The number of hydrogen-bond acceptors (Lipinski definition) is 6. The molecule has 1 fully saturated rings. The quantitative estimate of drug-likeness (QED) is 0.359. The van der Waals surface area contributed by atoms with E-state index < -0.39 is 0 Å². The number of aromatic nitrogens is 3. The maximum Gasteiger partial charge on any atom is 0.254 e. The van der Waals surface area contributed by atoms with Gasteiger partial charge in [0.05, 0.1) is 35.5 Å². The number of nitrogens with one attached hydrogen (secondary N) is 1. The van der Waals surface area contributed by atoms with Crippen molar-refractivity contribution in [1.29, 1.82) is 5.26 Å². The van der Waals surface area contributed by atoms with Crippen molar-refractivity contribution < 1.29 is 9.53 Å². The molecule has 37 heavy (non-hydrogen) atoms. The topological polar surface area (TPSA) is 98.1 Å². The molecule has 0 radical (unpaired) electrons. The summed E-state index contributed by atoms with van der Waals surface area (Å²) in [6.07, 6.45) is 8.25. The third-order valence-corrected chi connectivity index (χ3v) is 6.73. The number of aromatic amines is 1. The van der Waals surface area contributed by atoms with Gasteiger partial charge in [0, 0.05) is 41.5 Å². The van der Waals surface area contributed by atoms with Crippen LogP contribution in [0.5, 0.6) is 5.75 Å². The predicted molar refractivity (Wildman–Crippen MR) is 142 cm³/mol. The number of nitrogens with zero attached hydrogens (tertiary/aromatic N) is 5. The summed E-state index contributed by atoms with van der Waals surface area (Å²) in [4.78, 5) is 22.1. The van der Waals surface area contributed by atoms with Gasteiger partial charge < -0.3 is 14.5 Å². The summed E-state index contributed by atoms with van der Waals surface area (Å²) in [5.74, 6) is 0.567. The van der Waals surface area contributed by atoms with Gasteiger partial charge >= 0.3 is 0 Å². The molecule has 1 amide bonds. The van der Waals surface area contributed by atoms with Gasteiger partial charge in [-0.15, -0.1) is 0 Å². The summed E-state index contributed by atoms with van der Waals surface area (Å²) in [5.41, 5.74) is 4.73. The molecule has 188 valence electrons. The van der Waals surface area contributed by atoms with E-state index in [4.69, 9.17) is 4.74 Å². The van der Waals surface area contributed by atoms with E-state index in [0.29, 0.717) is 16.9 Å². The Kier molecular flexibility index (Phi) is 6.89. The highest BCUT2D eigenvalue weighted by molar-refractivity contribution is 5.96. The van der Waals surface area contributed by atoms with Crippen LogP contribution in [0.15, 0.2) is 61.1 Å². The molecule has 0 spiro atoms. The van der Waals surface area contributed by atoms with Crippen molar-refractivity contribution >= 4 is 16.8 Å². The molecule has 0 unspecified atom stereocenters. The first-order chi connectivity index (χ1) is 17.9. The van der Waals surface area contributed by atoms with Crippen molar-refractivity contribution in [3.05, 3.63) is 77.7 Å². The number of pyridine rings is 1. The Bertz CT molecular complexity index is 1470. The van der Waals surface area contributed by atoms with Crippen LogP contribution in [0.25, 0.3) is 22.0 Å². The van der Waals surface area contributed by atoms with Crippen molar-refractivity contribution in [2.75, 3.05) is 27.7 Å². The second-order valence-electron chi connectivity index (χ2n) is 9.81. The zero-order chi connectivity index (χ0) is 25.9. The Balaban J connectivity index is 1.50. The minimum Gasteiger partial charge on any atom is -0.490 e. The minimum absolute atomic E-state index is 0.0988. The summed E-state index contributed by atoms with van der Waals surface area (Å²) in [6, 6.07) is 15.0.